The van der Waals surface area contributed by atoms with Gasteiger partial charge in [0.2, 0.25) is 5.95 Å². The summed E-state index contributed by atoms with van der Waals surface area (Å²) in [6.07, 6.45) is 3.40. The summed E-state index contributed by atoms with van der Waals surface area (Å²) < 4.78 is 15.9. The Morgan fingerprint density at radius 1 is 1.29 bits per heavy atom. The normalized spacial score (nSPS) is 17.9. The summed E-state index contributed by atoms with van der Waals surface area (Å²) in [6.45, 7) is 7.49. The van der Waals surface area contributed by atoms with Crippen molar-refractivity contribution in [3.8, 4) is 0 Å². The van der Waals surface area contributed by atoms with Crippen LogP contribution in [0.5, 0.6) is 0 Å². The summed E-state index contributed by atoms with van der Waals surface area (Å²) in [5, 5.41) is 8.13. The van der Waals surface area contributed by atoms with E-state index in [4.69, 9.17) is 0 Å². The third-order valence-electron chi connectivity index (χ3n) is 5.03. The predicted molar refractivity (Wildman–Crippen MR) is 108 cm³/mol. The zero-order valence-electron chi connectivity index (χ0n) is 16.4. The van der Waals surface area contributed by atoms with Crippen LogP contribution in [-0.4, -0.2) is 38.9 Å². The third-order valence-corrected chi connectivity index (χ3v) is 5.03. The number of piperidine rings is 1. The molecule has 28 heavy (non-hydrogen) atoms. The second kappa shape index (κ2) is 6.92. The molecule has 0 radical (unpaired) electrons. The molecule has 8 heteroatoms. The van der Waals surface area contributed by atoms with E-state index in [0.29, 0.717) is 29.2 Å². The standard InChI is InChI=1S/C20H25FN6O/c1-20(2,3)27-17-14(11-22-27)18(28)25-19(24-17)23-13-7-6-10-26(12-13)16-9-5-4-8-15(16)21/h4-5,8-9,11,13H,6-7,10,12H2,1-3H3,(H2,23,24,25,28). The number of hydrogen-bond donors (Lipinski definition) is 2. The summed E-state index contributed by atoms with van der Waals surface area (Å²) in [6, 6.07) is 6.87. The maximum atomic E-state index is 14.1. The lowest BCUT2D eigenvalue weighted by molar-refractivity contribution is 0.366. The van der Waals surface area contributed by atoms with E-state index in [0.717, 1.165) is 19.4 Å². The Morgan fingerprint density at radius 3 is 2.82 bits per heavy atom. The molecule has 0 spiro atoms. The van der Waals surface area contributed by atoms with Crippen molar-refractivity contribution < 1.29 is 4.39 Å². The van der Waals surface area contributed by atoms with E-state index in [9.17, 15) is 9.18 Å². The summed E-state index contributed by atoms with van der Waals surface area (Å²) in [4.78, 5) is 21.9. The summed E-state index contributed by atoms with van der Waals surface area (Å²) in [5.41, 5.74) is 0.661. The van der Waals surface area contributed by atoms with Crippen molar-refractivity contribution in [2.75, 3.05) is 23.3 Å². The minimum Gasteiger partial charge on any atom is -0.367 e. The number of fused-ring (bicyclic) bond motifs is 1. The fourth-order valence-electron chi connectivity index (χ4n) is 3.69. The van der Waals surface area contributed by atoms with Crippen molar-refractivity contribution in [3.05, 3.63) is 46.6 Å². The van der Waals surface area contributed by atoms with E-state index in [1.54, 1.807) is 23.0 Å². The Hall–Kier alpha value is -2.90. The molecule has 4 rings (SSSR count). The number of hydrogen-bond acceptors (Lipinski definition) is 5. The van der Waals surface area contributed by atoms with Crippen LogP contribution in [0.15, 0.2) is 35.3 Å². The molecule has 2 N–H and O–H groups in total. The average molecular weight is 384 g/mol. The Morgan fingerprint density at radius 2 is 2.07 bits per heavy atom. The first kappa shape index (κ1) is 18.5. The maximum absolute atomic E-state index is 14.1. The van der Waals surface area contributed by atoms with Gasteiger partial charge in [-0.1, -0.05) is 12.1 Å². The molecule has 1 unspecified atom stereocenters. The lowest BCUT2D eigenvalue weighted by Crippen LogP contribution is -2.43. The Balaban J connectivity index is 1.59. The van der Waals surface area contributed by atoms with Gasteiger partial charge >= 0.3 is 0 Å². The van der Waals surface area contributed by atoms with Crippen LogP contribution in [0.4, 0.5) is 16.0 Å². The first-order valence-electron chi connectivity index (χ1n) is 9.57. The van der Waals surface area contributed by atoms with Crippen molar-refractivity contribution in [2.24, 2.45) is 0 Å². The minimum absolute atomic E-state index is 0.0555. The van der Waals surface area contributed by atoms with Gasteiger partial charge in [0.15, 0.2) is 5.65 Å². The molecule has 0 saturated carbocycles. The molecule has 148 valence electrons. The number of aromatic nitrogens is 4. The van der Waals surface area contributed by atoms with Crippen LogP contribution in [0.2, 0.25) is 0 Å². The van der Waals surface area contributed by atoms with E-state index in [-0.39, 0.29) is 23.0 Å². The minimum atomic E-state index is -0.285. The monoisotopic (exact) mass is 384 g/mol. The number of anilines is 2. The van der Waals surface area contributed by atoms with Crippen LogP contribution < -0.4 is 15.8 Å². The van der Waals surface area contributed by atoms with Gasteiger partial charge in [0.25, 0.3) is 5.56 Å². The summed E-state index contributed by atoms with van der Waals surface area (Å²) in [5.74, 6) is 0.203. The van der Waals surface area contributed by atoms with E-state index in [2.05, 4.69) is 20.4 Å². The van der Waals surface area contributed by atoms with Gasteiger partial charge in [-0.3, -0.25) is 9.78 Å². The number of H-pyrrole nitrogens is 1. The zero-order valence-corrected chi connectivity index (χ0v) is 16.4. The van der Waals surface area contributed by atoms with Gasteiger partial charge in [0, 0.05) is 19.1 Å². The highest BCUT2D eigenvalue weighted by atomic mass is 19.1. The molecule has 3 aromatic rings. The maximum Gasteiger partial charge on any atom is 0.263 e. The topological polar surface area (TPSA) is 78.8 Å². The molecule has 0 amide bonds. The first-order chi connectivity index (χ1) is 13.3. The molecule has 1 aliphatic rings. The number of para-hydroxylation sites is 1. The Labute approximate surface area is 162 Å². The van der Waals surface area contributed by atoms with Crippen LogP contribution in [0, 0.1) is 5.82 Å². The molecule has 1 fully saturated rings. The summed E-state index contributed by atoms with van der Waals surface area (Å²) >= 11 is 0. The van der Waals surface area contributed by atoms with Gasteiger partial charge in [-0.05, 0) is 45.7 Å². The molecule has 3 heterocycles. The van der Waals surface area contributed by atoms with Gasteiger partial charge in [-0.15, -0.1) is 0 Å². The van der Waals surface area contributed by atoms with Crippen LogP contribution in [0.1, 0.15) is 33.6 Å². The Bertz CT molecular complexity index is 1050. The molecular weight excluding hydrogens is 359 g/mol. The van der Waals surface area contributed by atoms with Crippen LogP contribution in [0.25, 0.3) is 11.0 Å². The van der Waals surface area contributed by atoms with Crippen molar-refractivity contribution >= 4 is 22.7 Å². The zero-order chi connectivity index (χ0) is 19.9. The number of benzene rings is 1. The molecule has 1 saturated heterocycles. The van der Waals surface area contributed by atoms with Crippen LogP contribution >= 0.6 is 0 Å². The van der Waals surface area contributed by atoms with E-state index in [1.165, 1.54) is 6.07 Å². The quantitative estimate of drug-likeness (QED) is 0.725. The van der Waals surface area contributed by atoms with E-state index < -0.39 is 0 Å². The van der Waals surface area contributed by atoms with Gasteiger partial charge in [0.05, 0.1) is 17.4 Å². The van der Waals surface area contributed by atoms with Gasteiger partial charge in [-0.2, -0.15) is 10.1 Å². The number of aromatic amines is 1. The molecule has 0 aliphatic carbocycles. The molecule has 7 nitrogen and oxygen atoms in total. The predicted octanol–water partition coefficient (Wildman–Crippen LogP) is 3.09. The van der Waals surface area contributed by atoms with Gasteiger partial charge in [0.1, 0.15) is 11.2 Å². The fraction of sp³-hybridized carbons (Fsp3) is 0.450. The highest BCUT2D eigenvalue weighted by Gasteiger charge is 2.24. The molecular formula is C20H25FN6O. The van der Waals surface area contributed by atoms with Gasteiger partial charge < -0.3 is 10.2 Å². The fourth-order valence-corrected chi connectivity index (χ4v) is 3.69. The van der Waals surface area contributed by atoms with Gasteiger partial charge in [-0.25, -0.2) is 9.07 Å². The van der Waals surface area contributed by atoms with E-state index >= 15 is 0 Å². The largest absolute Gasteiger partial charge is 0.367 e. The van der Waals surface area contributed by atoms with Crippen molar-refractivity contribution in [1.29, 1.82) is 0 Å². The van der Waals surface area contributed by atoms with Crippen LogP contribution in [0.3, 0.4) is 0 Å². The molecule has 1 atom stereocenters. The lowest BCUT2D eigenvalue weighted by atomic mass is 10.0. The molecule has 2 aromatic heterocycles. The second-order valence-corrected chi connectivity index (χ2v) is 8.26. The SMILES string of the molecule is CC(C)(C)n1ncc2c(=O)[nH]c(NC3CCCN(c4ccccc4F)C3)nc21. The van der Waals surface area contributed by atoms with Crippen molar-refractivity contribution in [3.63, 3.8) is 0 Å². The number of nitrogens with one attached hydrogen (secondary N) is 2. The number of rotatable bonds is 3. The second-order valence-electron chi connectivity index (χ2n) is 8.26. The lowest BCUT2D eigenvalue weighted by Gasteiger charge is -2.35. The highest BCUT2D eigenvalue weighted by Crippen LogP contribution is 2.24. The smallest absolute Gasteiger partial charge is 0.263 e. The van der Waals surface area contributed by atoms with Crippen molar-refractivity contribution in [1.82, 2.24) is 19.7 Å². The number of nitrogens with zero attached hydrogens (tertiary/aromatic N) is 4. The first-order valence-corrected chi connectivity index (χ1v) is 9.57. The average Bonchev–Trinajstić information content (AvgIpc) is 3.07. The highest BCUT2D eigenvalue weighted by molar-refractivity contribution is 5.74. The Kier molecular flexibility index (Phi) is 4.56. The van der Waals surface area contributed by atoms with E-state index in [1.807, 2.05) is 31.7 Å². The molecule has 1 aromatic carbocycles. The third kappa shape index (κ3) is 3.46. The van der Waals surface area contributed by atoms with Crippen LogP contribution in [-0.2, 0) is 5.54 Å². The molecule has 1 aliphatic heterocycles. The van der Waals surface area contributed by atoms with Crippen molar-refractivity contribution in [2.45, 2.75) is 45.2 Å². The number of halogens is 1. The molecule has 0 bridgehead atoms. The summed E-state index contributed by atoms with van der Waals surface area (Å²) in [7, 11) is 0.